The van der Waals surface area contributed by atoms with E-state index in [1.54, 1.807) is 0 Å². The molecule has 1 aromatic rings. The van der Waals surface area contributed by atoms with Crippen LogP contribution in [0.25, 0.3) is 0 Å². The van der Waals surface area contributed by atoms with E-state index in [1.807, 2.05) is 0 Å². The minimum absolute atomic E-state index is 0.0597. The molecular formula is C9H11Cl2N3. The zero-order valence-corrected chi connectivity index (χ0v) is 9.15. The van der Waals surface area contributed by atoms with Gasteiger partial charge in [0.2, 0.25) is 0 Å². The van der Waals surface area contributed by atoms with Gasteiger partial charge in [0.15, 0.2) is 0 Å². The summed E-state index contributed by atoms with van der Waals surface area (Å²) in [6.45, 7) is 0.640. The van der Waals surface area contributed by atoms with Gasteiger partial charge in [-0.3, -0.25) is 0 Å². The molecule has 0 radical (unpaired) electrons. The highest BCUT2D eigenvalue weighted by molar-refractivity contribution is 6.34. The molecule has 0 atom stereocenters. The van der Waals surface area contributed by atoms with Gasteiger partial charge in [0.25, 0.3) is 0 Å². The number of aromatic nitrogens is 2. The van der Waals surface area contributed by atoms with Gasteiger partial charge in [-0.2, -0.15) is 0 Å². The molecular weight excluding hydrogens is 221 g/mol. The van der Waals surface area contributed by atoms with E-state index in [9.17, 15) is 0 Å². The molecule has 76 valence electrons. The first-order chi connectivity index (χ1) is 6.69. The maximum atomic E-state index is 6.01. The fourth-order valence-corrected chi connectivity index (χ4v) is 2.55. The normalized spacial score (nSPS) is 18.2. The Morgan fingerprint density at radius 3 is 2.29 bits per heavy atom. The molecule has 1 saturated carbocycles. The molecule has 0 saturated heterocycles. The summed E-state index contributed by atoms with van der Waals surface area (Å²) in [7, 11) is 0. The van der Waals surface area contributed by atoms with Crippen molar-refractivity contribution in [1.82, 2.24) is 9.97 Å². The van der Waals surface area contributed by atoms with Crippen LogP contribution in [0, 0.1) is 0 Å². The van der Waals surface area contributed by atoms with Crippen molar-refractivity contribution < 1.29 is 0 Å². The Kier molecular flexibility index (Phi) is 2.64. The summed E-state index contributed by atoms with van der Waals surface area (Å²) in [5, 5.41) is 0.937. The molecule has 1 aromatic heterocycles. The van der Waals surface area contributed by atoms with E-state index in [1.165, 1.54) is 6.33 Å². The summed E-state index contributed by atoms with van der Waals surface area (Å²) in [4.78, 5) is 7.92. The van der Waals surface area contributed by atoms with Gasteiger partial charge in [-0.1, -0.05) is 23.2 Å². The second-order valence-electron chi connectivity index (χ2n) is 3.65. The maximum absolute atomic E-state index is 6.01. The third kappa shape index (κ3) is 1.60. The molecule has 0 aromatic carbocycles. The van der Waals surface area contributed by atoms with Crippen LogP contribution in [0.15, 0.2) is 6.33 Å². The van der Waals surface area contributed by atoms with Gasteiger partial charge in [-0.15, -0.1) is 0 Å². The van der Waals surface area contributed by atoms with Crippen LogP contribution in [-0.2, 0) is 5.41 Å². The lowest BCUT2D eigenvalue weighted by Crippen LogP contribution is -2.15. The molecule has 2 N–H and O–H groups in total. The Hall–Kier alpha value is -0.380. The van der Waals surface area contributed by atoms with Crippen LogP contribution in [0.4, 0.5) is 0 Å². The van der Waals surface area contributed by atoms with E-state index >= 15 is 0 Å². The quantitative estimate of drug-likeness (QED) is 0.812. The summed E-state index contributed by atoms with van der Waals surface area (Å²) in [6.07, 6.45) is 4.44. The Balaban J connectivity index is 2.40. The third-order valence-corrected chi connectivity index (χ3v) is 3.33. The largest absolute Gasteiger partial charge is 0.330 e. The number of nitrogens with two attached hydrogens (primary N) is 1. The lowest BCUT2D eigenvalue weighted by atomic mass is 9.95. The third-order valence-electron chi connectivity index (χ3n) is 2.76. The van der Waals surface area contributed by atoms with Crippen molar-refractivity contribution in [1.29, 1.82) is 0 Å². The van der Waals surface area contributed by atoms with E-state index in [4.69, 9.17) is 28.9 Å². The number of hydrogen-bond acceptors (Lipinski definition) is 3. The molecule has 0 unspecified atom stereocenters. The van der Waals surface area contributed by atoms with E-state index in [0.29, 0.717) is 16.9 Å². The van der Waals surface area contributed by atoms with Crippen LogP contribution in [0.1, 0.15) is 24.8 Å². The Labute approximate surface area is 92.6 Å². The van der Waals surface area contributed by atoms with Crippen LogP contribution in [0.5, 0.6) is 0 Å². The Bertz CT molecular complexity index is 330. The SMILES string of the molecule is NCCC1(c2c(Cl)ncnc2Cl)CC1. The van der Waals surface area contributed by atoms with Crippen LogP contribution >= 0.6 is 23.2 Å². The number of rotatable bonds is 3. The predicted octanol–water partition coefficient (Wildman–Crippen LogP) is 2.16. The van der Waals surface area contributed by atoms with Crippen LogP contribution in [0.2, 0.25) is 10.3 Å². The Morgan fingerprint density at radius 2 is 1.86 bits per heavy atom. The van der Waals surface area contributed by atoms with Crippen molar-refractivity contribution in [2.45, 2.75) is 24.7 Å². The molecule has 3 nitrogen and oxygen atoms in total. The van der Waals surface area contributed by atoms with Gasteiger partial charge in [0.1, 0.15) is 16.6 Å². The fraction of sp³-hybridized carbons (Fsp3) is 0.556. The highest BCUT2D eigenvalue weighted by Gasteiger charge is 2.46. The lowest BCUT2D eigenvalue weighted by molar-refractivity contribution is 0.624. The molecule has 0 aliphatic heterocycles. The van der Waals surface area contributed by atoms with Gasteiger partial charge in [-0.25, -0.2) is 9.97 Å². The summed E-state index contributed by atoms with van der Waals surface area (Å²) in [6, 6.07) is 0. The van der Waals surface area contributed by atoms with E-state index in [0.717, 1.165) is 24.8 Å². The van der Waals surface area contributed by atoms with Crippen molar-refractivity contribution in [2.24, 2.45) is 5.73 Å². The Morgan fingerprint density at radius 1 is 1.29 bits per heavy atom. The highest BCUT2D eigenvalue weighted by atomic mass is 35.5. The molecule has 0 spiro atoms. The summed E-state index contributed by atoms with van der Waals surface area (Å²) in [5.74, 6) is 0. The molecule has 0 bridgehead atoms. The van der Waals surface area contributed by atoms with E-state index in [-0.39, 0.29) is 5.41 Å². The smallest absolute Gasteiger partial charge is 0.137 e. The average Bonchev–Trinajstić information content (AvgIpc) is 2.86. The first-order valence-corrected chi connectivity index (χ1v) is 5.32. The van der Waals surface area contributed by atoms with Crippen molar-refractivity contribution in [3.8, 4) is 0 Å². The van der Waals surface area contributed by atoms with Gasteiger partial charge in [0.05, 0.1) is 0 Å². The number of nitrogens with zero attached hydrogens (tertiary/aromatic N) is 2. The second-order valence-corrected chi connectivity index (χ2v) is 4.37. The zero-order valence-electron chi connectivity index (χ0n) is 7.63. The molecule has 0 amide bonds. The minimum Gasteiger partial charge on any atom is -0.330 e. The molecule has 14 heavy (non-hydrogen) atoms. The van der Waals surface area contributed by atoms with Crippen LogP contribution in [0.3, 0.4) is 0 Å². The monoisotopic (exact) mass is 231 g/mol. The van der Waals surface area contributed by atoms with Crippen molar-refractivity contribution in [3.63, 3.8) is 0 Å². The van der Waals surface area contributed by atoms with Gasteiger partial charge < -0.3 is 5.73 Å². The molecule has 1 fully saturated rings. The maximum Gasteiger partial charge on any atom is 0.137 e. The van der Waals surface area contributed by atoms with Crippen molar-refractivity contribution >= 4 is 23.2 Å². The lowest BCUT2D eigenvalue weighted by Gasteiger charge is -2.15. The second kappa shape index (κ2) is 3.65. The van der Waals surface area contributed by atoms with E-state index in [2.05, 4.69) is 9.97 Å². The van der Waals surface area contributed by atoms with Crippen LogP contribution < -0.4 is 5.73 Å². The molecule has 1 heterocycles. The summed E-state index contributed by atoms with van der Waals surface area (Å²) >= 11 is 12.0. The van der Waals surface area contributed by atoms with Gasteiger partial charge in [-0.05, 0) is 25.8 Å². The average molecular weight is 232 g/mol. The number of hydrogen-bond donors (Lipinski definition) is 1. The topological polar surface area (TPSA) is 51.8 Å². The van der Waals surface area contributed by atoms with Crippen LogP contribution in [-0.4, -0.2) is 16.5 Å². The molecule has 2 rings (SSSR count). The van der Waals surface area contributed by atoms with Crippen molar-refractivity contribution in [3.05, 3.63) is 22.2 Å². The standard InChI is InChI=1S/C9H11Cl2N3/c10-7-6(8(11)14-5-13-7)9(1-2-9)3-4-12/h5H,1-4,12H2. The zero-order chi connectivity index (χ0) is 10.2. The minimum atomic E-state index is 0.0597. The first-order valence-electron chi connectivity index (χ1n) is 4.56. The predicted molar refractivity (Wildman–Crippen MR) is 56.6 cm³/mol. The molecule has 5 heteroatoms. The van der Waals surface area contributed by atoms with Crippen molar-refractivity contribution in [2.75, 3.05) is 6.54 Å². The summed E-state index contributed by atoms with van der Waals surface area (Å²) in [5.41, 5.74) is 6.51. The summed E-state index contributed by atoms with van der Waals surface area (Å²) < 4.78 is 0. The fourth-order valence-electron chi connectivity index (χ4n) is 1.83. The first kappa shape index (κ1) is 10.1. The van der Waals surface area contributed by atoms with Gasteiger partial charge in [0, 0.05) is 11.0 Å². The van der Waals surface area contributed by atoms with E-state index < -0.39 is 0 Å². The molecule has 1 aliphatic rings. The highest BCUT2D eigenvalue weighted by Crippen LogP contribution is 2.54. The number of halogens is 2. The van der Waals surface area contributed by atoms with Gasteiger partial charge >= 0.3 is 0 Å². The molecule has 1 aliphatic carbocycles.